The van der Waals surface area contributed by atoms with Crippen LogP contribution in [0.4, 0.5) is 22.0 Å². The molecule has 2 rings (SSSR count). The minimum Gasteiger partial charge on any atom is -0.477 e. The summed E-state index contributed by atoms with van der Waals surface area (Å²) in [6.07, 6.45) is 5.46. The summed E-state index contributed by atoms with van der Waals surface area (Å²) in [6, 6.07) is 0. The Kier molecular flexibility index (Phi) is 5.72. The smallest absolute Gasteiger partial charge is 0.257 e. The molecule has 0 bridgehead atoms. The van der Waals surface area contributed by atoms with Crippen LogP contribution in [-0.2, 0) is 11.3 Å². The topological polar surface area (TPSA) is 56.1 Å². The van der Waals surface area contributed by atoms with Crippen LogP contribution in [0.2, 0.25) is 0 Å². The first kappa shape index (κ1) is 17.7. The lowest BCUT2D eigenvalue weighted by Gasteiger charge is -2.10. The molecule has 0 aliphatic rings. The summed E-state index contributed by atoms with van der Waals surface area (Å²) in [4.78, 5) is 15.3. The summed E-state index contributed by atoms with van der Waals surface area (Å²) in [6.45, 7) is -0.0698. The number of amides is 1. The average molecular weight is 349 g/mol. The third-order valence-corrected chi connectivity index (χ3v) is 2.99. The van der Waals surface area contributed by atoms with E-state index in [2.05, 4.69) is 15.0 Å². The fourth-order valence-electron chi connectivity index (χ4n) is 1.81. The third kappa shape index (κ3) is 4.00. The Labute approximate surface area is 133 Å². The van der Waals surface area contributed by atoms with Gasteiger partial charge >= 0.3 is 0 Å². The Bertz CT molecular complexity index is 693. The second-order valence-corrected chi connectivity index (χ2v) is 4.69. The number of hydrogen-bond acceptors (Lipinski definition) is 3. The molecule has 1 heterocycles. The molecule has 1 amide bonds. The van der Waals surface area contributed by atoms with Gasteiger partial charge in [0.05, 0.1) is 6.33 Å². The van der Waals surface area contributed by atoms with Gasteiger partial charge in [-0.3, -0.25) is 4.79 Å². The Balaban J connectivity index is 1.83. The van der Waals surface area contributed by atoms with Gasteiger partial charge in [-0.1, -0.05) is 0 Å². The van der Waals surface area contributed by atoms with Crippen LogP contribution in [0.3, 0.4) is 0 Å². The number of aryl methyl sites for hydroxylation is 1. The average Bonchev–Trinajstić information content (AvgIpc) is 3.08. The van der Waals surface area contributed by atoms with Crippen molar-refractivity contribution in [3.05, 3.63) is 47.8 Å². The molecule has 0 aliphatic carbocycles. The van der Waals surface area contributed by atoms with Gasteiger partial charge in [-0.15, -0.1) is 0 Å². The van der Waals surface area contributed by atoms with E-state index in [4.69, 9.17) is 0 Å². The van der Waals surface area contributed by atoms with E-state index in [1.807, 2.05) is 0 Å². The van der Waals surface area contributed by atoms with Gasteiger partial charge in [0.25, 0.3) is 5.91 Å². The number of ether oxygens (including phenoxy) is 1. The molecule has 0 radical (unpaired) electrons. The summed E-state index contributed by atoms with van der Waals surface area (Å²) < 4.78 is 71.6. The zero-order valence-corrected chi connectivity index (χ0v) is 12.2. The normalized spacial score (nSPS) is 10.7. The van der Waals surface area contributed by atoms with Crippen molar-refractivity contribution in [3.63, 3.8) is 0 Å². The summed E-state index contributed by atoms with van der Waals surface area (Å²) in [5.41, 5.74) is 0. The number of hydrogen-bond donors (Lipinski definition) is 1. The number of aromatic nitrogens is 2. The van der Waals surface area contributed by atoms with E-state index in [1.54, 1.807) is 23.3 Å². The molecule has 0 fully saturated rings. The van der Waals surface area contributed by atoms with E-state index in [-0.39, 0.29) is 6.54 Å². The van der Waals surface area contributed by atoms with Crippen LogP contribution >= 0.6 is 0 Å². The van der Waals surface area contributed by atoms with E-state index in [0.29, 0.717) is 13.0 Å². The largest absolute Gasteiger partial charge is 0.477 e. The molecule has 1 N–H and O–H groups in total. The van der Waals surface area contributed by atoms with Crippen LogP contribution in [0.15, 0.2) is 18.7 Å². The molecule has 10 heteroatoms. The molecule has 24 heavy (non-hydrogen) atoms. The predicted octanol–water partition coefficient (Wildman–Crippen LogP) is 2.16. The van der Waals surface area contributed by atoms with Crippen molar-refractivity contribution in [1.82, 2.24) is 14.9 Å². The number of benzene rings is 1. The highest BCUT2D eigenvalue weighted by molar-refractivity contribution is 5.77. The zero-order valence-electron chi connectivity index (χ0n) is 12.2. The Morgan fingerprint density at radius 3 is 2.29 bits per heavy atom. The predicted molar refractivity (Wildman–Crippen MR) is 71.6 cm³/mol. The molecule has 0 spiro atoms. The Hall–Kier alpha value is -2.65. The van der Waals surface area contributed by atoms with Gasteiger partial charge in [0, 0.05) is 25.5 Å². The van der Waals surface area contributed by atoms with Crippen molar-refractivity contribution in [1.29, 1.82) is 0 Å². The van der Waals surface area contributed by atoms with Gasteiger partial charge in [-0.05, 0) is 6.42 Å². The van der Waals surface area contributed by atoms with Gasteiger partial charge in [0.1, 0.15) is 0 Å². The fourth-order valence-corrected chi connectivity index (χ4v) is 1.81. The Morgan fingerprint density at radius 1 is 1.08 bits per heavy atom. The van der Waals surface area contributed by atoms with E-state index >= 15 is 0 Å². The highest BCUT2D eigenvalue weighted by Gasteiger charge is 2.27. The van der Waals surface area contributed by atoms with Crippen LogP contribution < -0.4 is 10.1 Å². The lowest BCUT2D eigenvalue weighted by molar-refractivity contribution is -0.123. The molecular formula is C14H12F5N3O2. The number of nitrogens with one attached hydrogen (secondary N) is 1. The first-order chi connectivity index (χ1) is 11.4. The molecule has 130 valence electrons. The summed E-state index contributed by atoms with van der Waals surface area (Å²) in [5, 5.41) is 2.39. The fraction of sp³-hybridized carbons (Fsp3) is 0.286. The van der Waals surface area contributed by atoms with Gasteiger partial charge < -0.3 is 14.6 Å². The number of carbonyl (C=O) groups excluding carboxylic acids is 1. The summed E-state index contributed by atoms with van der Waals surface area (Å²) >= 11 is 0. The quantitative estimate of drug-likeness (QED) is 0.361. The molecule has 0 aliphatic heterocycles. The number of nitrogens with zero attached hydrogens (tertiary/aromatic N) is 2. The molecule has 0 saturated heterocycles. The standard InChI is InChI=1S/C14H12F5N3O2/c15-9-10(16)12(18)14(13(19)11(9)17)24-6-8(23)21-2-1-4-22-5-3-20-7-22/h3,5,7H,1-2,4,6H2,(H,21,23). The van der Waals surface area contributed by atoms with Gasteiger partial charge in [0.2, 0.25) is 29.1 Å². The third-order valence-electron chi connectivity index (χ3n) is 2.99. The second kappa shape index (κ2) is 7.75. The van der Waals surface area contributed by atoms with Crippen LogP contribution in [-0.4, -0.2) is 28.6 Å². The van der Waals surface area contributed by atoms with Crippen LogP contribution in [0.25, 0.3) is 0 Å². The number of rotatable bonds is 7. The first-order valence-electron chi connectivity index (χ1n) is 6.78. The molecule has 1 aromatic heterocycles. The molecule has 0 saturated carbocycles. The van der Waals surface area contributed by atoms with Crippen LogP contribution in [0.5, 0.6) is 5.75 Å². The van der Waals surface area contributed by atoms with Crippen molar-refractivity contribution in [2.45, 2.75) is 13.0 Å². The van der Waals surface area contributed by atoms with Gasteiger partial charge in [-0.2, -0.15) is 8.78 Å². The maximum Gasteiger partial charge on any atom is 0.257 e. The van der Waals surface area contributed by atoms with E-state index in [9.17, 15) is 26.7 Å². The van der Waals surface area contributed by atoms with Crippen molar-refractivity contribution < 1.29 is 31.5 Å². The second-order valence-electron chi connectivity index (χ2n) is 4.69. The molecule has 0 atom stereocenters. The van der Waals surface area contributed by atoms with Crippen molar-refractivity contribution in [2.24, 2.45) is 0 Å². The molecule has 1 aromatic carbocycles. The lowest BCUT2D eigenvalue weighted by Crippen LogP contribution is -2.30. The SMILES string of the molecule is O=C(COc1c(F)c(F)c(F)c(F)c1F)NCCCn1ccnc1. The van der Waals surface area contributed by atoms with Crippen molar-refractivity contribution in [2.75, 3.05) is 13.2 Å². The number of imidazole rings is 1. The summed E-state index contributed by atoms with van der Waals surface area (Å²) in [7, 11) is 0. The van der Waals surface area contributed by atoms with Gasteiger partial charge in [-0.25, -0.2) is 18.2 Å². The minimum atomic E-state index is -2.29. The zero-order chi connectivity index (χ0) is 17.7. The molecule has 0 unspecified atom stereocenters. The molecular weight excluding hydrogens is 337 g/mol. The van der Waals surface area contributed by atoms with Crippen LogP contribution in [0, 0.1) is 29.1 Å². The van der Waals surface area contributed by atoms with E-state index < -0.39 is 47.3 Å². The monoisotopic (exact) mass is 349 g/mol. The van der Waals surface area contributed by atoms with E-state index in [0.717, 1.165) is 0 Å². The van der Waals surface area contributed by atoms with Gasteiger partial charge in [0.15, 0.2) is 12.4 Å². The number of carbonyl (C=O) groups is 1. The van der Waals surface area contributed by atoms with Crippen LogP contribution in [0.1, 0.15) is 6.42 Å². The highest BCUT2D eigenvalue weighted by atomic mass is 19.2. The maximum absolute atomic E-state index is 13.3. The highest BCUT2D eigenvalue weighted by Crippen LogP contribution is 2.28. The first-order valence-corrected chi connectivity index (χ1v) is 6.78. The lowest BCUT2D eigenvalue weighted by atomic mass is 10.2. The number of halogens is 5. The van der Waals surface area contributed by atoms with E-state index in [1.165, 1.54) is 0 Å². The Morgan fingerprint density at radius 2 is 1.71 bits per heavy atom. The summed E-state index contributed by atoms with van der Waals surface area (Å²) in [5.74, 6) is -13.1. The van der Waals surface area contributed by atoms with Crippen molar-refractivity contribution in [3.8, 4) is 5.75 Å². The molecule has 2 aromatic rings. The van der Waals surface area contributed by atoms with Crippen molar-refractivity contribution >= 4 is 5.91 Å². The minimum absolute atomic E-state index is 0.234. The maximum atomic E-state index is 13.3. The molecule has 5 nitrogen and oxygen atoms in total.